The van der Waals surface area contributed by atoms with Gasteiger partial charge < -0.3 is 15.7 Å². The largest absolute Gasteiger partial charge is 0.384 e. The molecule has 0 spiro atoms. The fourth-order valence-corrected chi connectivity index (χ4v) is 4.26. The van der Waals surface area contributed by atoms with Crippen LogP contribution in [0.1, 0.15) is 48.5 Å². The molecular formula is C24H26FN9O2. The van der Waals surface area contributed by atoms with Crippen molar-refractivity contribution in [1.82, 2.24) is 40.2 Å². The summed E-state index contributed by atoms with van der Waals surface area (Å²) in [5, 5.41) is 27.9. The zero-order valence-electron chi connectivity index (χ0n) is 20.0. The number of pyridine rings is 2. The Bertz CT molecular complexity index is 1390. The van der Waals surface area contributed by atoms with Gasteiger partial charge in [-0.2, -0.15) is 10.1 Å². The van der Waals surface area contributed by atoms with Crippen LogP contribution in [0.25, 0.3) is 5.82 Å². The quantitative estimate of drug-likeness (QED) is 0.309. The zero-order chi connectivity index (χ0) is 25.4. The number of carbonyl (C=O) groups is 1. The normalized spacial score (nSPS) is 20.0. The third-order valence-corrected chi connectivity index (χ3v) is 6.24. The predicted molar refractivity (Wildman–Crippen MR) is 128 cm³/mol. The molecular weight excluding hydrogens is 465 g/mol. The smallest absolute Gasteiger partial charge is 0.247 e. The number of amides is 1. The van der Waals surface area contributed by atoms with Gasteiger partial charge >= 0.3 is 0 Å². The molecule has 1 aliphatic carbocycles. The van der Waals surface area contributed by atoms with E-state index in [4.69, 9.17) is 0 Å². The van der Waals surface area contributed by atoms with Gasteiger partial charge in [-0.05, 0) is 62.9 Å². The Labute approximate surface area is 206 Å². The molecule has 4 aromatic heterocycles. The highest BCUT2D eigenvalue weighted by Gasteiger charge is 2.48. The molecule has 0 bridgehead atoms. The van der Waals surface area contributed by atoms with Gasteiger partial charge in [0.25, 0.3) is 0 Å². The third kappa shape index (κ3) is 4.80. The van der Waals surface area contributed by atoms with Gasteiger partial charge in [0.15, 0.2) is 11.6 Å². The average Bonchev–Trinajstić information content (AvgIpc) is 3.44. The van der Waals surface area contributed by atoms with Crippen LogP contribution in [0.15, 0.2) is 42.9 Å². The molecule has 4 N–H and O–H groups in total. The van der Waals surface area contributed by atoms with Crippen molar-refractivity contribution in [3.8, 4) is 5.82 Å². The number of rotatable bonds is 7. The lowest BCUT2D eigenvalue weighted by atomic mass is 9.68. The molecule has 1 saturated carbocycles. The molecule has 1 fully saturated rings. The number of aliphatic hydroxyl groups is 1. The first-order valence-electron chi connectivity index (χ1n) is 11.5. The first-order chi connectivity index (χ1) is 17.2. The summed E-state index contributed by atoms with van der Waals surface area (Å²) in [5.41, 5.74) is 1.03. The summed E-state index contributed by atoms with van der Waals surface area (Å²) in [4.78, 5) is 25.9. The van der Waals surface area contributed by atoms with Crippen LogP contribution in [0, 0.1) is 25.6 Å². The molecule has 5 rings (SSSR count). The van der Waals surface area contributed by atoms with Gasteiger partial charge in [-0.1, -0.05) is 6.07 Å². The van der Waals surface area contributed by atoms with E-state index < -0.39 is 11.4 Å². The van der Waals surface area contributed by atoms with Crippen LogP contribution in [-0.4, -0.2) is 45.9 Å². The maximum Gasteiger partial charge on any atom is 0.247 e. The Balaban J connectivity index is 1.20. The highest BCUT2D eigenvalue weighted by Crippen LogP contribution is 2.45. The molecule has 4 aromatic rings. The summed E-state index contributed by atoms with van der Waals surface area (Å²) in [6.07, 6.45) is 4.51. The van der Waals surface area contributed by atoms with E-state index in [0.717, 1.165) is 17.3 Å². The standard InChI is InChI=1S/C24H26FN9O2/c1-13-6-19(30-20(7-13)31-23-29-15(3)32-33-23)24(36)8-17(9-24)22(35)28-14(2)16-4-5-21(26-10-16)34-12-18(25)11-27-34/h4-7,10-12,14,17,36H,8-9H2,1-3H3,(H,28,35)(H2,29,30,31,32,33)/t14-,17-,24+/m0/s1. The van der Waals surface area contributed by atoms with E-state index in [0.29, 0.717) is 29.1 Å². The molecule has 0 radical (unpaired) electrons. The summed E-state index contributed by atoms with van der Waals surface area (Å²) in [7, 11) is 0. The van der Waals surface area contributed by atoms with E-state index in [2.05, 4.69) is 40.9 Å². The second-order valence-corrected chi connectivity index (χ2v) is 9.20. The first-order valence-corrected chi connectivity index (χ1v) is 11.5. The monoisotopic (exact) mass is 491 g/mol. The van der Waals surface area contributed by atoms with Gasteiger partial charge in [0.1, 0.15) is 17.2 Å². The Morgan fingerprint density at radius 2 is 2.06 bits per heavy atom. The topological polar surface area (TPSA) is 147 Å². The van der Waals surface area contributed by atoms with E-state index in [-0.39, 0.29) is 30.7 Å². The van der Waals surface area contributed by atoms with Gasteiger partial charge in [0.2, 0.25) is 11.9 Å². The van der Waals surface area contributed by atoms with Crippen molar-refractivity contribution in [3.63, 3.8) is 0 Å². The lowest BCUT2D eigenvalue weighted by molar-refractivity contribution is -0.144. The molecule has 0 unspecified atom stereocenters. The Morgan fingerprint density at radius 3 is 2.69 bits per heavy atom. The van der Waals surface area contributed by atoms with Crippen molar-refractivity contribution < 1.29 is 14.3 Å². The van der Waals surface area contributed by atoms with Crippen molar-refractivity contribution >= 4 is 17.7 Å². The molecule has 186 valence electrons. The number of hydrogen-bond donors (Lipinski definition) is 4. The van der Waals surface area contributed by atoms with E-state index in [1.807, 2.05) is 32.0 Å². The van der Waals surface area contributed by atoms with E-state index in [1.54, 1.807) is 19.2 Å². The van der Waals surface area contributed by atoms with Crippen molar-refractivity contribution in [3.05, 3.63) is 71.3 Å². The van der Waals surface area contributed by atoms with Gasteiger partial charge in [0, 0.05) is 12.1 Å². The molecule has 0 saturated heterocycles. The summed E-state index contributed by atoms with van der Waals surface area (Å²) in [5.74, 6) is 1.13. The summed E-state index contributed by atoms with van der Waals surface area (Å²) >= 11 is 0. The number of carbonyl (C=O) groups excluding carboxylic acids is 1. The van der Waals surface area contributed by atoms with Gasteiger partial charge in [-0.15, -0.1) is 5.10 Å². The highest BCUT2D eigenvalue weighted by atomic mass is 19.1. The van der Waals surface area contributed by atoms with Crippen LogP contribution >= 0.6 is 0 Å². The number of nitrogens with one attached hydrogen (secondary N) is 3. The number of nitrogens with zero attached hydrogens (tertiary/aromatic N) is 6. The van der Waals surface area contributed by atoms with Crippen LogP contribution < -0.4 is 10.6 Å². The molecule has 1 amide bonds. The Kier molecular flexibility index (Phi) is 5.96. The third-order valence-electron chi connectivity index (χ3n) is 6.24. The minimum atomic E-state index is -1.19. The Morgan fingerprint density at radius 1 is 1.25 bits per heavy atom. The first kappa shape index (κ1) is 23.5. The van der Waals surface area contributed by atoms with Crippen LogP contribution in [0.2, 0.25) is 0 Å². The molecule has 11 nitrogen and oxygen atoms in total. The van der Waals surface area contributed by atoms with Gasteiger partial charge in [0.05, 0.1) is 24.1 Å². The van der Waals surface area contributed by atoms with E-state index in [1.165, 1.54) is 10.9 Å². The lowest BCUT2D eigenvalue weighted by Crippen LogP contribution is -2.49. The number of halogens is 1. The van der Waals surface area contributed by atoms with Crippen molar-refractivity contribution in [1.29, 1.82) is 0 Å². The number of aromatic nitrogens is 7. The van der Waals surface area contributed by atoms with E-state index >= 15 is 0 Å². The fraction of sp³-hybridized carbons (Fsp3) is 0.333. The van der Waals surface area contributed by atoms with Crippen LogP contribution in [0.5, 0.6) is 0 Å². The summed E-state index contributed by atoms with van der Waals surface area (Å²) in [6.45, 7) is 5.57. The number of hydrogen-bond acceptors (Lipinski definition) is 8. The molecule has 0 aliphatic heterocycles. The predicted octanol–water partition coefficient (Wildman–Crippen LogP) is 2.75. The van der Waals surface area contributed by atoms with Crippen molar-refractivity contribution in [2.75, 3.05) is 5.32 Å². The van der Waals surface area contributed by atoms with Gasteiger partial charge in [-0.25, -0.2) is 19.0 Å². The van der Waals surface area contributed by atoms with Crippen molar-refractivity contribution in [2.24, 2.45) is 5.92 Å². The molecule has 12 heteroatoms. The van der Waals surface area contributed by atoms with Gasteiger partial charge in [-0.3, -0.25) is 9.89 Å². The minimum absolute atomic E-state index is 0.146. The highest BCUT2D eigenvalue weighted by molar-refractivity contribution is 5.80. The average molecular weight is 492 g/mol. The fourth-order valence-electron chi connectivity index (χ4n) is 4.26. The number of aromatic amines is 1. The molecule has 0 aromatic carbocycles. The maximum atomic E-state index is 13.2. The zero-order valence-corrected chi connectivity index (χ0v) is 20.0. The minimum Gasteiger partial charge on any atom is -0.384 e. The lowest BCUT2D eigenvalue weighted by Gasteiger charge is -2.42. The second kappa shape index (κ2) is 9.11. The molecule has 1 aliphatic rings. The summed E-state index contributed by atoms with van der Waals surface area (Å²) < 4.78 is 14.5. The second-order valence-electron chi connectivity index (χ2n) is 9.20. The Hall–Kier alpha value is -4.19. The summed E-state index contributed by atoms with van der Waals surface area (Å²) in [6, 6.07) is 6.89. The molecule has 1 atom stereocenters. The molecule has 4 heterocycles. The SMILES string of the molecule is Cc1cc(Nc2n[nH]c(C)n2)nc([C@]2(O)C[C@@H](C(=O)N[C@@H](C)c3ccc(-n4cc(F)cn4)nc3)C2)c1. The molecule has 36 heavy (non-hydrogen) atoms. The van der Waals surface area contributed by atoms with E-state index in [9.17, 15) is 14.3 Å². The van der Waals surface area contributed by atoms with Crippen LogP contribution in [-0.2, 0) is 10.4 Å². The van der Waals surface area contributed by atoms with Crippen molar-refractivity contribution in [2.45, 2.75) is 45.3 Å². The number of H-pyrrole nitrogens is 1. The van der Waals surface area contributed by atoms with Crippen LogP contribution in [0.4, 0.5) is 16.2 Å². The number of anilines is 2. The number of aryl methyl sites for hydroxylation is 2. The van der Waals surface area contributed by atoms with Crippen LogP contribution in [0.3, 0.4) is 0 Å². The maximum absolute atomic E-state index is 13.2.